The molecule has 3 aromatic rings. The molecule has 30 heavy (non-hydrogen) atoms. The number of methoxy groups -OCH3 is 1. The second-order valence-corrected chi connectivity index (χ2v) is 8.21. The van der Waals surface area contributed by atoms with Crippen LogP contribution in [0.1, 0.15) is 19.3 Å². The molecule has 2 saturated heterocycles. The number of carbonyl (C=O) groups is 1. The number of anilines is 1. The van der Waals surface area contributed by atoms with Gasteiger partial charge in [0.2, 0.25) is 5.95 Å². The highest BCUT2D eigenvalue weighted by Gasteiger charge is 2.39. The normalized spacial score (nSPS) is 18.1. The number of H-pyrrole nitrogens is 1. The number of fused-ring (bicyclic) bond motifs is 1. The van der Waals surface area contributed by atoms with Gasteiger partial charge >= 0.3 is 6.03 Å². The summed E-state index contributed by atoms with van der Waals surface area (Å²) in [5, 5.41) is 2.94. The fourth-order valence-electron chi connectivity index (χ4n) is 4.56. The van der Waals surface area contributed by atoms with E-state index in [1.54, 1.807) is 7.11 Å². The lowest BCUT2D eigenvalue weighted by molar-refractivity contribution is 0.0947. The number of ether oxygens (including phenoxy) is 2. The molecule has 2 amide bonds. The first-order valence-electron chi connectivity index (χ1n) is 10.4. The molecule has 0 saturated carbocycles. The zero-order valence-corrected chi connectivity index (χ0v) is 17.1. The number of aromatic amines is 1. The molecule has 2 aliphatic heterocycles. The van der Waals surface area contributed by atoms with Crippen molar-refractivity contribution in [3.63, 3.8) is 0 Å². The Morgan fingerprint density at radius 3 is 2.67 bits per heavy atom. The molecule has 3 heterocycles. The molecule has 5 rings (SSSR count). The molecule has 0 unspecified atom stereocenters. The first kappa shape index (κ1) is 18.9. The lowest BCUT2D eigenvalue weighted by Crippen LogP contribution is -2.45. The van der Waals surface area contributed by atoms with Gasteiger partial charge in [-0.25, -0.2) is 9.78 Å². The summed E-state index contributed by atoms with van der Waals surface area (Å²) >= 11 is 0. The average molecular weight is 406 g/mol. The van der Waals surface area contributed by atoms with Crippen molar-refractivity contribution in [2.24, 2.45) is 5.41 Å². The molecule has 0 aliphatic carbocycles. The average Bonchev–Trinajstić information content (AvgIpc) is 3.41. The summed E-state index contributed by atoms with van der Waals surface area (Å²) in [7, 11) is 1.63. The maximum absolute atomic E-state index is 12.8. The number of piperidine rings is 1. The summed E-state index contributed by atoms with van der Waals surface area (Å²) in [6.07, 6.45) is 3.09. The van der Waals surface area contributed by atoms with Crippen LogP contribution in [0.2, 0.25) is 0 Å². The second-order valence-electron chi connectivity index (χ2n) is 8.21. The Morgan fingerprint density at radius 1 is 1.17 bits per heavy atom. The fraction of sp³-hybridized carbons (Fsp3) is 0.391. The molecule has 2 fully saturated rings. The molecule has 0 atom stereocenters. The third-order valence-corrected chi connectivity index (χ3v) is 6.43. The van der Waals surface area contributed by atoms with Crippen molar-refractivity contribution in [2.45, 2.75) is 19.3 Å². The predicted molar refractivity (Wildman–Crippen MR) is 116 cm³/mol. The molecule has 156 valence electrons. The van der Waals surface area contributed by atoms with E-state index in [1.807, 2.05) is 47.4 Å². The van der Waals surface area contributed by atoms with Crippen LogP contribution >= 0.6 is 0 Å². The monoisotopic (exact) mass is 406 g/mol. The molecule has 2 N–H and O–H groups in total. The van der Waals surface area contributed by atoms with E-state index in [0.29, 0.717) is 11.7 Å². The SMILES string of the molecule is COc1ccc(-c2ccccc2)c2nc(NC(=O)N3CCC4(CCOC4)CC3)[nH]c12. The molecular weight excluding hydrogens is 380 g/mol. The second kappa shape index (κ2) is 7.65. The minimum atomic E-state index is -0.122. The van der Waals surface area contributed by atoms with Gasteiger partial charge in [-0.2, -0.15) is 0 Å². The van der Waals surface area contributed by atoms with Crippen molar-refractivity contribution in [1.82, 2.24) is 14.9 Å². The number of rotatable bonds is 3. The van der Waals surface area contributed by atoms with Gasteiger partial charge in [-0.1, -0.05) is 30.3 Å². The number of imidazole rings is 1. The van der Waals surface area contributed by atoms with Crippen molar-refractivity contribution in [1.29, 1.82) is 0 Å². The van der Waals surface area contributed by atoms with Crippen molar-refractivity contribution in [3.8, 4) is 16.9 Å². The van der Waals surface area contributed by atoms with E-state index in [4.69, 9.17) is 9.47 Å². The highest BCUT2D eigenvalue weighted by molar-refractivity contribution is 5.98. The van der Waals surface area contributed by atoms with Crippen molar-refractivity contribution in [2.75, 3.05) is 38.7 Å². The number of likely N-dealkylation sites (tertiary alicyclic amines) is 1. The van der Waals surface area contributed by atoms with Crippen LogP contribution in [-0.4, -0.2) is 54.3 Å². The van der Waals surface area contributed by atoms with Gasteiger partial charge in [-0.3, -0.25) is 5.32 Å². The van der Waals surface area contributed by atoms with Crippen LogP contribution < -0.4 is 10.1 Å². The maximum atomic E-state index is 12.8. The predicted octanol–water partition coefficient (Wildman–Crippen LogP) is 4.27. The lowest BCUT2D eigenvalue weighted by atomic mass is 9.78. The fourth-order valence-corrected chi connectivity index (χ4v) is 4.56. The van der Waals surface area contributed by atoms with Crippen LogP contribution in [0, 0.1) is 5.41 Å². The minimum Gasteiger partial charge on any atom is -0.494 e. The smallest absolute Gasteiger partial charge is 0.324 e. The van der Waals surface area contributed by atoms with Crippen molar-refractivity contribution in [3.05, 3.63) is 42.5 Å². The van der Waals surface area contributed by atoms with Crippen LogP contribution in [-0.2, 0) is 4.74 Å². The Labute approximate surface area is 175 Å². The number of nitrogens with one attached hydrogen (secondary N) is 2. The van der Waals surface area contributed by atoms with Gasteiger partial charge in [-0.05, 0) is 42.4 Å². The number of hydrogen-bond acceptors (Lipinski definition) is 4. The molecule has 0 radical (unpaired) electrons. The van der Waals surface area contributed by atoms with Gasteiger partial charge in [-0.15, -0.1) is 0 Å². The van der Waals surface area contributed by atoms with Crippen LogP contribution in [0.5, 0.6) is 5.75 Å². The summed E-state index contributed by atoms with van der Waals surface area (Å²) < 4.78 is 11.1. The lowest BCUT2D eigenvalue weighted by Gasteiger charge is -2.38. The van der Waals surface area contributed by atoms with Gasteiger partial charge in [0.1, 0.15) is 16.8 Å². The van der Waals surface area contributed by atoms with E-state index in [0.717, 1.165) is 67.7 Å². The van der Waals surface area contributed by atoms with Crippen LogP contribution in [0.4, 0.5) is 10.7 Å². The van der Waals surface area contributed by atoms with Gasteiger partial charge in [0.25, 0.3) is 0 Å². The quantitative estimate of drug-likeness (QED) is 0.681. The molecule has 2 aliphatic rings. The van der Waals surface area contributed by atoms with Crippen molar-refractivity contribution < 1.29 is 14.3 Å². The Hall–Kier alpha value is -3.06. The van der Waals surface area contributed by atoms with E-state index in [-0.39, 0.29) is 11.4 Å². The van der Waals surface area contributed by atoms with Crippen molar-refractivity contribution >= 4 is 23.0 Å². The number of aromatic nitrogens is 2. The number of amides is 2. The van der Waals surface area contributed by atoms with E-state index < -0.39 is 0 Å². The summed E-state index contributed by atoms with van der Waals surface area (Å²) in [6.45, 7) is 3.16. The van der Waals surface area contributed by atoms with E-state index in [9.17, 15) is 4.79 Å². The molecule has 1 spiro atoms. The molecule has 7 heteroatoms. The highest BCUT2D eigenvalue weighted by Crippen LogP contribution is 2.39. The van der Waals surface area contributed by atoms with Crippen LogP contribution in [0.3, 0.4) is 0 Å². The summed E-state index contributed by atoms with van der Waals surface area (Å²) in [6, 6.07) is 13.9. The van der Waals surface area contributed by atoms with E-state index in [2.05, 4.69) is 15.3 Å². The summed E-state index contributed by atoms with van der Waals surface area (Å²) in [5.74, 6) is 1.12. The van der Waals surface area contributed by atoms with Crippen LogP contribution in [0.15, 0.2) is 42.5 Å². The Balaban J connectivity index is 1.38. The van der Waals surface area contributed by atoms with Gasteiger partial charge in [0.05, 0.1) is 13.7 Å². The summed E-state index contributed by atoms with van der Waals surface area (Å²) in [4.78, 5) is 22.6. The molecule has 7 nitrogen and oxygen atoms in total. The molecule has 2 aromatic carbocycles. The zero-order valence-electron chi connectivity index (χ0n) is 17.1. The third kappa shape index (κ3) is 3.39. The Kier molecular flexibility index (Phi) is 4.83. The van der Waals surface area contributed by atoms with E-state index in [1.165, 1.54) is 0 Å². The highest BCUT2D eigenvalue weighted by atomic mass is 16.5. The maximum Gasteiger partial charge on any atom is 0.324 e. The number of urea groups is 1. The first-order valence-corrected chi connectivity index (χ1v) is 10.4. The topological polar surface area (TPSA) is 79.5 Å². The Bertz CT molecular complexity index is 1050. The minimum absolute atomic E-state index is 0.122. The van der Waals surface area contributed by atoms with Gasteiger partial charge < -0.3 is 19.4 Å². The number of hydrogen-bond donors (Lipinski definition) is 2. The Morgan fingerprint density at radius 2 is 1.97 bits per heavy atom. The van der Waals surface area contributed by atoms with Gasteiger partial charge in [0.15, 0.2) is 0 Å². The van der Waals surface area contributed by atoms with Gasteiger partial charge in [0, 0.05) is 25.3 Å². The molecular formula is C23H26N4O3. The standard InChI is InChI=1S/C23H26N4O3/c1-29-18-8-7-17(16-5-3-2-4-6-16)19-20(18)25-21(24-19)26-22(28)27-12-9-23(10-13-27)11-14-30-15-23/h2-8H,9-15H2,1H3,(H2,24,25,26,28). The zero-order chi connectivity index (χ0) is 20.6. The number of nitrogens with zero attached hydrogens (tertiary/aromatic N) is 2. The van der Waals surface area contributed by atoms with Crippen LogP contribution in [0.25, 0.3) is 22.2 Å². The third-order valence-electron chi connectivity index (χ3n) is 6.43. The molecule has 1 aromatic heterocycles. The first-order chi connectivity index (χ1) is 14.7. The van der Waals surface area contributed by atoms with E-state index >= 15 is 0 Å². The summed E-state index contributed by atoms with van der Waals surface area (Å²) in [5.41, 5.74) is 3.87. The number of carbonyl (C=O) groups excluding carboxylic acids is 1. The largest absolute Gasteiger partial charge is 0.494 e. The number of benzene rings is 2. The molecule has 0 bridgehead atoms.